The van der Waals surface area contributed by atoms with Crippen LogP contribution in [0.2, 0.25) is 0 Å². The van der Waals surface area contributed by atoms with Crippen molar-refractivity contribution < 1.29 is 4.79 Å². The zero-order valence-electron chi connectivity index (χ0n) is 14.4. The maximum atomic E-state index is 13.1. The number of fused-ring (bicyclic) bond motifs is 1. The van der Waals surface area contributed by atoms with Crippen molar-refractivity contribution in [3.8, 4) is 0 Å². The molecule has 3 N–H and O–H groups in total. The quantitative estimate of drug-likeness (QED) is 0.753. The molecule has 4 rings (SSSR count). The highest BCUT2D eigenvalue weighted by molar-refractivity contribution is 7.17. The van der Waals surface area contributed by atoms with E-state index in [2.05, 4.69) is 29.0 Å². The average Bonchev–Trinajstić information content (AvgIpc) is 3.30. The molecule has 1 aromatic carbocycles. The first kappa shape index (κ1) is 16.1. The Kier molecular flexibility index (Phi) is 3.95. The lowest BCUT2D eigenvalue weighted by molar-refractivity contribution is 0.0734. The van der Waals surface area contributed by atoms with Gasteiger partial charge in [0, 0.05) is 6.54 Å². The van der Waals surface area contributed by atoms with Crippen LogP contribution in [0.5, 0.6) is 0 Å². The Labute approximate surface area is 150 Å². The molecule has 0 unspecified atom stereocenters. The zero-order chi connectivity index (χ0) is 17.6. The van der Waals surface area contributed by atoms with Crippen molar-refractivity contribution in [1.29, 1.82) is 0 Å². The number of H-pyrrole nitrogens is 1. The fraction of sp³-hybridized carbons (Fsp3) is 0.389. The van der Waals surface area contributed by atoms with Gasteiger partial charge in [-0.25, -0.2) is 9.97 Å². The molecule has 1 atom stereocenters. The number of aromatic nitrogens is 3. The highest BCUT2D eigenvalue weighted by Gasteiger charge is 2.34. The van der Waals surface area contributed by atoms with E-state index in [-0.39, 0.29) is 11.9 Å². The molecule has 1 amide bonds. The number of benzene rings is 1. The molecule has 130 valence electrons. The molecular formula is C18H21N5OS. The number of thiazole rings is 1. The summed E-state index contributed by atoms with van der Waals surface area (Å²) in [6, 6.07) is 6.14. The van der Waals surface area contributed by atoms with Crippen molar-refractivity contribution in [2.75, 3.05) is 12.3 Å². The summed E-state index contributed by atoms with van der Waals surface area (Å²) in [7, 11) is 0. The minimum absolute atomic E-state index is 0.0187. The third kappa shape index (κ3) is 2.78. The van der Waals surface area contributed by atoms with Crippen molar-refractivity contribution in [2.45, 2.75) is 39.2 Å². The molecule has 6 nitrogen and oxygen atoms in total. The van der Waals surface area contributed by atoms with Crippen LogP contribution >= 0.6 is 11.3 Å². The zero-order valence-corrected chi connectivity index (χ0v) is 15.2. The van der Waals surface area contributed by atoms with Crippen molar-refractivity contribution in [3.05, 3.63) is 40.2 Å². The molecule has 7 heteroatoms. The normalized spacial score (nSPS) is 17.5. The van der Waals surface area contributed by atoms with Gasteiger partial charge in [-0.05, 0) is 43.9 Å². The Balaban J connectivity index is 1.68. The maximum Gasteiger partial charge on any atom is 0.266 e. The fourth-order valence-corrected chi connectivity index (χ4v) is 4.38. The van der Waals surface area contributed by atoms with E-state index in [0.29, 0.717) is 16.4 Å². The number of nitrogens with one attached hydrogen (secondary N) is 1. The summed E-state index contributed by atoms with van der Waals surface area (Å²) in [4.78, 5) is 28.1. The topological polar surface area (TPSA) is 87.9 Å². The molecule has 0 aliphatic carbocycles. The molecule has 0 bridgehead atoms. The summed E-state index contributed by atoms with van der Waals surface area (Å²) in [5.74, 6) is 0.882. The molecule has 3 aromatic rings. The maximum absolute atomic E-state index is 13.1. The van der Waals surface area contributed by atoms with E-state index >= 15 is 0 Å². The molecule has 2 aromatic heterocycles. The molecule has 1 saturated heterocycles. The van der Waals surface area contributed by atoms with Crippen LogP contribution in [0.1, 0.15) is 52.6 Å². The number of aryl methyl sites for hydroxylation is 2. The van der Waals surface area contributed by atoms with E-state index in [1.165, 1.54) is 16.9 Å². The number of rotatable bonds is 3. The predicted molar refractivity (Wildman–Crippen MR) is 99.7 cm³/mol. The van der Waals surface area contributed by atoms with Gasteiger partial charge in [0.2, 0.25) is 0 Å². The lowest BCUT2D eigenvalue weighted by atomic mass is 10.2. The molecule has 0 spiro atoms. The minimum atomic E-state index is -0.0202. The first-order valence-corrected chi connectivity index (χ1v) is 9.41. The van der Waals surface area contributed by atoms with Gasteiger partial charge >= 0.3 is 0 Å². The van der Waals surface area contributed by atoms with Crippen LogP contribution in [0.3, 0.4) is 0 Å². The highest BCUT2D eigenvalue weighted by atomic mass is 32.1. The Morgan fingerprint density at radius 3 is 3.08 bits per heavy atom. The van der Waals surface area contributed by atoms with E-state index in [0.717, 1.165) is 41.9 Å². The lowest BCUT2D eigenvalue weighted by Crippen LogP contribution is -2.31. The van der Waals surface area contributed by atoms with Crippen LogP contribution in [-0.2, 0) is 6.42 Å². The number of anilines is 1. The predicted octanol–water partition coefficient (Wildman–Crippen LogP) is 3.45. The SMILES string of the molecule is CCc1nc(N)sc1C(=O)N1CCC[C@@H]1c1nc2ccc(C)cc2[nH]1. The minimum Gasteiger partial charge on any atom is -0.375 e. The van der Waals surface area contributed by atoms with Crippen LogP contribution < -0.4 is 5.73 Å². The number of amides is 1. The van der Waals surface area contributed by atoms with E-state index in [1.54, 1.807) is 0 Å². The lowest BCUT2D eigenvalue weighted by Gasteiger charge is -2.22. The summed E-state index contributed by atoms with van der Waals surface area (Å²) >= 11 is 1.28. The largest absolute Gasteiger partial charge is 0.375 e. The summed E-state index contributed by atoms with van der Waals surface area (Å²) in [6.07, 6.45) is 2.60. The Hall–Kier alpha value is -2.41. The summed E-state index contributed by atoms with van der Waals surface area (Å²) in [6.45, 7) is 4.79. The van der Waals surface area contributed by atoms with Crippen LogP contribution in [0, 0.1) is 6.92 Å². The van der Waals surface area contributed by atoms with Crippen molar-refractivity contribution in [1.82, 2.24) is 19.9 Å². The van der Waals surface area contributed by atoms with Gasteiger partial charge in [-0.15, -0.1) is 0 Å². The number of aromatic amines is 1. The number of likely N-dealkylation sites (tertiary alicyclic amines) is 1. The van der Waals surface area contributed by atoms with Gasteiger partial charge in [-0.1, -0.05) is 24.3 Å². The number of carbonyl (C=O) groups is 1. The van der Waals surface area contributed by atoms with Crippen molar-refractivity contribution in [2.24, 2.45) is 0 Å². The smallest absolute Gasteiger partial charge is 0.266 e. The Bertz CT molecular complexity index is 944. The van der Waals surface area contributed by atoms with Crippen molar-refractivity contribution in [3.63, 3.8) is 0 Å². The van der Waals surface area contributed by atoms with Gasteiger partial charge in [-0.3, -0.25) is 4.79 Å². The number of nitrogens with zero attached hydrogens (tertiary/aromatic N) is 3. The number of hydrogen-bond donors (Lipinski definition) is 2. The number of carbonyl (C=O) groups excluding carboxylic acids is 1. The number of nitrogen functional groups attached to an aromatic ring is 1. The van der Waals surface area contributed by atoms with E-state index in [1.807, 2.05) is 17.9 Å². The van der Waals surface area contributed by atoms with Gasteiger partial charge in [0.1, 0.15) is 10.7 Å². The van der Waals surface area contributed by atoms with Gasteiger partial charge < -0.3 is 15.6 Å². The molecular weight excluding hydrogens is 334 g/mol. The van der Waals surface area contributed by atoms with E-state index < -0.39 is 0 Å². The third-order valence-electron chi connectivity index (χ3n) is 4.73. The van der Waals surface area contributed by atoms with Crippen LogP contribution in [0.15, 0.2) is 18.2 Å². The molecule has 1 aliphatic rings. The van der Waals surface area contributed by atoms with E-state index in [9.17, 15) is 4.79 Å². The monoisotopic (exact) mass is 355 g/mol. The molecule has 1 fully saturated rings. The number of hydrogen-bond acceptors (Lipinski definition) is 5. The Morgan fingerprint density at radius 1 is 1.44 bits per heavy atom. The number of imidazole rings is 1. The fourth-order valence-electron chi connectivity index (χ4n) is 3.50. The molecule has 0 radical (unpaired) electrons. The first-order chi connectivity index (χ1) is 12.1. The average molecular weight is 355 g/mol. The third-order valence-corrected chi connectivity index (χ3v) is 5.64. The second-order valence-electron chi connectivity index (χ2n) is 6.48. The van der Waals surface area contributed by atoms with Gasteiger partial charge in [-0.2, -0.15) is 0 Å². The number of nitrogens with two attached hydrogens (primary N) is 1. The standard InChI is InChI=1S/C18H21N5OS/c1-3-11-15(25-18(19)22-11)17(24)23-8-4-5-14(23)16-20-12-7-6-10(2)9-13(12)21-16/h6-7,9,14H,3-5,8H2,1-2H3,(H2,19,22)(H,20,21)/t14-/m1/s1. The summed E-state index contributed by atoms with van der Waals surface area (Å²) in [5.41, 5.74) is 9.76. The van der Waals surface area contributed by atoms with Gasteiger partial charge in [0.15, 0.2) is 5.13 Å². The first-order valence-electron chi connectivity index (χ1n) is 8.59. The van der Waals surface area contributed by atoms with Crippen LogP contribution in [0.4, 0.5) is 5.13 Å². The Morgan fingerprint density at radius 2 is 2.28 bits per heavy atom. The second kappa shape index (κ2) is 6.15. The van der Waals surface area contributed by atoms with Gasteiger partial charge in [0.05, 0.1) is 22.8 Å². The summed E-state index contributed by atoms with van der Waals surface area (Å²) < 4.78 is 0. The second-order valence-corrected chi connectivity index (χ2v) is 7.51. The van der Waals surface area contributed by atoms with Crippen LogP contribution in [0.25, 0.3) is 11.0 Å². The van der Waals surface area contributed by atoms with Crippen molar-refractivity contribution >= 4 is 33.4 Å². The van der Waals surface area contributed by atoms with Gasteiger partial charge in [0.25, 0.3) is 5.91 Å². The molecule has 0 saturated carbocycles. The van der Waals surface area contributed by atoms with Crippen LogP contribution in [-0.4, -0.2) is 32.3 Å². The highest BCUT2D eigenvalue weighted by Crippen LogP contribution is 2.34. The molecule has 1 aliphatic heterocycles. The van der Waals surface area contributed by atoms with E-state index in [4.69, 9.17) is 10.7 Å². The molecule has 25 heavy (non-hydrogen) atoms. The molecule has 3 heterocycles. The summed E-state index contributed by atoms with van der Waals surface area (Å²) in [5, 5.41) is 0.454.